The van der Waals surface area contributed by atoms with Gasteiger partial charge in [-0.3, -0.25) is 14.6 Å². The molecule has 0 saturated carbocycles. The maximum absolute atomic E-state index is 13.0. The van der Waals surface area contributed by atoms with Gasteiger partial charge in [-0.15, -0.1) is 0 Å². The number of benzene rings is 3. The molecule has 1 aromatic heterocycles. The maximum Gasteiger partial charge on any atom is 0.253 e. The van der Waals surface area contributed by atoms with Gasteiger partial charge in [0.25, 0.3) is 5.91 Å². The highest BCUT2D eigenvalue weighted by atomic mass is 16.2. The second-order valence-electron chi connectivity index (χ2n) is 9.04. The zero-order valence-corrected chi connectivity index (χ0v) is 20.2. The molecule has 0 radical (unpaired) electrons. The van der Waals surface area contributed by atoms with E-state index in [0.717, 1.165) is 40.3 Å². The van der Waals surface area contributed by atoms with E-state index in [1.54, 1.807) is 24.1 Å². The third-order valence-corrected chi connectivity index (χ3v) is 6.75. The van der Waals surface area contributed by atoms with Crippen LogP contribution in [0.1, 0.15) is 22.8 Å². The molecule has 1 aliphatic heterocycles. The van der Waals surface area contributed by atoms with E-state index in [0.29, 0.717) is 37.4 Å². The summed E-state index contributed by atoms with van der Waals surface area (Å²) in [6.07, 6.45) is 2.61. The van der Waals surface area contributed by atoms with Crippen LogP contribution in [0.25, 0.3) is 26.5 Å². The molecule has 7 nitrogen and oxygen atoms in total. The number of amides is 2. The third-order valence-electron chi connectivity index (χ3n) is 6.75. The third kappa shape index (κ3) is 4.84. The Labute approximate surface area is 210 Å². The minimum atomic E-state index is 0.0133. The first-order valence-electron chi connectivity index (χ1n) is 12.1. The molecule has 1 aliphatic rings. The molecule has 0 spiro atoms. The summed E-state index contributed by atoms with van der Waals surface area (Å²) >= 11 is 0. The highest BCUT2D eigenvalue weighted by Gasteiger charge is 2.23. The van der Waals surface area contributed by atoms with Crippen molar-refractivity contribution < 1.29 is 9.59 Å². The molecule has 2 amide bonds. The van der Waals surface area contributed by atoms with Crippen LogP contribution >= 0.6 is 0 Å². The lowest BCUT2D eigenvalue weighted by Gasteiger charge is -2.34. The Balaban J connectivity index is 1.24. The van der Waals surface area contributed by atoms with Crippen molar-refractivity contribution in [1.82, 2.24) is 14.8 Å². The minimum Gasteiger partial charge on any atom is -0.384 e. The number of aromatic nitrogens is 1. The predicted molar refractivity (Wildman–Crippen MR) is 142 cm³/mol. The molecule has 1 N–H and O–H groups in total. The van der Waals surface area contributed by atoms with E-state index in [-0.39, 0.29) is 11.8 Å². The van der Waals surface area contributed by atoms with Crippen LogP contribution in [0.4, 0.5) is 11.4 Å². The van der Waals surface area contributed by atoms with Crippen molar-refractivity contribution in [2.24, 2.45) is 0 Å². The van der Waals surface area contributed by atoms with Gasteiger partial charge in [-0.25, -0.2) is 4.85 Å². The summed E-state index contributed by atoms with van der Waals surface area (Å²) in [4.78, 5) is 36.1. The zero-order chi connectivity index (χ0) is 25.1. The van der Waals surface area contributed by atoms with Crippen molar-refractivity contribution in [3.05, 3.63) is 89.4 Å². The van der Waals surface area contributed by atoms with Crippen LogP contribution in [0.5, 0.6) is 0 Å². The van der Waals surface area contributed by atoms with Crippen molar-refractivity contribution in [1.29, 1.82) is 0 Å². The number of carbonyl (C=O) groups is 2. The fourth-order valence-electron chi connectivity index (χ4n) is 4.69. The summed E-state index contributed by atoms with van der Waals surface area (Å²) in [5.41, 5.74) is 4.32. The fraction of sp³-hybridized carbons (Fsp3) is 0.241. The quantitative estimate of drug-likeness (QED) is 0.415. The van der Waals surface area contributed by atoms with Gasteiger partial charge >= 0.3 is 0 Å². The molecule has 0 atom stereocenters. The van der Waals surface area contributed by atoms with Gasteiger partial charge in [0.05, 0.1) is 12.1 Å². The number of hydrogen-bond acceptors (Lipinski definition) is 4. The molecular weight excluding hydrogens is 450 g/mol. The van der Waals surface area contributed by atoms with Crippen molar-refractivity contribution in [2.45, 2.75) is 13.3 Å². The van der Waals surface area contributed by atoms with Gasteiger partial charge in [-0.2, -0.15) is 0 Å². The lowest BCUT2D eigenvalue weighted by Crippen LogP contribution is -2.50. The van der Waals surface area contributed by atoms with Gasteiger partial charge in [0, 0.05) is 62.5 Å². The van der Waals surface area contributed by atoms with E-state index in [2.05, 4.69) is 33.3 Å². The summed E-state index contributed by atoms with van der Waals surface area (Å²) in [6, 6.07) is 19.7. The number of nitrogens with zero attached hydrogens (tertiary/aromatic N) is 4. The van der Waals surface area contributed by atoms with Crippen molar-refractivity contribution in [3.63, 3.8) is 0 Å². The summed E-state index contributed by atoms with van der Waals surface area (Å²) in [7, 11) is 0. The molecule has 0 bridgehead atoms. The largest absolute Gasteiger partial charge is 0.384 e. The predicted octanol–water partition coefficient (Wildman–Crippen LogP) is 4.90. The Kier molecular flexibility index (Phi) is 6.50. The first kappa shape index (κ1) is 23.3. The van der Waals surface area contributed by atoms with Gasteiger partial charge in [-0.1, -0.05) is 30.3 Å². The Hall–Kier alpha value is -4.44. The topological polar surface area (TPSA) is 69.9 Å². The number of rotatable bonds is 5. The molecule has 4 aromatic rings. The number of fused-ring (bicyclic) bond motifs is 2. The molecule has 1 fully saturated rings. The van der Waals surface area contributed by atoms with Gasteiger partial charge < -0.3 is 15.1 Å². The van der Waals surface area contributed by atoms with Crippen molar-refractivity contribution >= 4 is 44.9 Å². The molecule has 1 saturated heterocycles. The monoisotopic (exact) mass is 477 g/mol. The first-order valence-corrected chi connectivity index (χ1v) is 12.1. The smallest absolute Gasteiger partial charge is 0.253 e. The molecule has 0 unspecified atom stereocenters. The second-order valence-corrected chi connectivity index (χ2v) is 9.04. The van der Waals surface area contributed by atoms with Crippen molar-refractivity contribution in [3.8, 4) is 0 Å². The molecule has 0 aliphatic carbocycles. The number of anilines is 1. The Morgan fingerprint density at radius 3 is 2.47 bits per heavy atom. The molecule has 180 valence electrons. The Bertz CT molecular complexity index is 1500. The van der Waals surface area contributed by atoms with Crippen LogP contribution in [-0.2, 0) is 11.2 Å². The normalized spacial score (nSPS) is 13.6. The van der Waals surface area contributed by atoms with Crippen LogP contribution in [0, 0.1) is 6.57 Å². The molecule has 3 aromatic carbocycles. The number of nitrogens with one attached hydrogen (secondary N) is 1. The van der Waals surface area contributed by atoms with E-state index in [1.165, 1.54) is 5.56 Å². The first-order chi connectivity index (χ1) is 17.5. The van der Waals surface area contributed by atoms with Crippen LogP contribution in [0.2, 0.25) is 0 Å². The number of hydrogen-bond donors (Lipinski definition) is 1. The maximum atomic E-state index is 13.0. The van der Waals surface area contributed by atoms with Crippen LogP contribution in [0.3, 0.4) is 0 Å². The summed E-state index contributed by atoms with van der Waals surface area (Å²) in [5.74, 6) is 0.0708. The summed E-state index contributed by atoms with van der Waals surface area (Å²) in [6.45, 7) is 11.9. The fourth-order valence-corrected chi connectivity index (χ4v) is 4.69. The van der Waals surface area contributed by atoms with E-state index in [1.807, 2.05) is 41.3 Å². The highest BCUT2D eigenvalue weighted by Crippen LogP contribution is 2.26. The number of carbonyl (C=O) groups excluding carboxylic acids is 2. The zero-order valence-electron chi connectivity index (χ0n) is 20.2. The van der Waals surface area contributed by atoms with E-state index < -0.39 is 0 Å². The molecule has 5 rings (SSSR count). The lowest BCUT2D eigenvalue weighted by atomic mass is 10.0. The second kappa shape index (κ2) is 10.0. The van der Waals surface area contributed by atoms with Crippen molar-refractivity contribution in [2.75, 3.05) is 38.0 Å². The molecule has 2 heterocycles. The lowest BCUT2D eigenvalue weighted by molar-refractivity contribution is -0.130. The van der Waals surface area contributed by atoms with Gasteiger partial charge in [-0.05, 0) is 53.1 Å². The molecular formula is C29H27N5O2. The highest BCUT2D eigenvalue weighted by molar-refractivity contribution is 5.99. The number of pyridine rings is 1. The van der Waals surface area contributed by atoms with Crippen LogP contribution < -0.4 is 5.32 Å². The van der Waals surface area contributed by atoms with E-state index in [4.69, 9.17) is 6.57 Å². The van der Waals surface area contributed by atoms with Gasteiger partial charge in [0.2, 0.25) is 5.91 Å². The summed E-state index contributed by atoms with van der Waals surface area (Å²) in [5, 5.41) is 6.57. The van der Waals surface area contributed by atoms with Crippen LogP contribution in [-0.4, -0.2) is 59.3 Å². The van der Waals surface area contributed by atoms with E-state index in [9.17, 15) is 9.59 Å². The molecule has 7 heteroatoms. The molecule has 36 heavy (non-hydrogen) atoms. The van der Waals surface area contributed by atoms with Gasteiger partial charge in [0.1, 0.15) is 0 Å². The van der Waals surface area contributed by atoms with Crippen LogP contribution in [0.15, 0.2) is 66.9 Å². The average Bonchev–Trinajstić information content (AvgIpc) is 2.92. The van der Waals surface area contributed by atoms with E-state index >= 15 is 0 Å². The minimum absolute atomic E-state index is 0.0133. The number of piperazine rings is 1. The summed E-state index contributed by atoms with van der Waals surface area (Å²) < 4.78 is 0. The standard InChI is InChI=1S/C29H27N5O2/c1-20(35)33-13-15-34(16-14-33)29(36)24-6-5-22-17-21(3-4-23(22)18-24)9-11-31-28-10-12-32-27-8-7-25(30-2)19-26(27)28/h3-8,10,12,17-19H,9,11,13-16H2,1H3,(H,31,32). The average molecular weight is 478 g/mol. The Morgan fingerprint density at radius 2 is 1.69 bits per heavy atom. The van der Waals surface area contributed by atoms with Gasteiger partial charge in [0.15, 0.2) is 5.69 Å². The SMILES string of the molecule is [C-]#[N+]c1ccc2nccc(NCCc3ccc4cc(C(=O)N5CCN(C(C)=O)CC5)ccc4c3)c2c1. The Morgan fingerprint density at radius 1 is 0.944 bits per heavy atom.